The molecule has 21 heavy (non-hydrogen) atoms. The molecule has 0 amide bonds. The van der Waals surface area contributed by atoms with Gasteiger partial charge in [-0.2, -0.15) is 5.10 Å². The van der Waals surface area contributed by atoms with Crippen LogP contribution in [0.4, 0.5) is 4.39 Å². The van der Waals surface area contributed by atoms with E-state index in [1.165, 1.54) is 12.1 Å². The molecule has 0 spiro atoms. The second kappa shape index (κ2) is 6.75. The van der Waals surface area contributed by atoms with Crippen LogP contribution in [0, 0.1) is 5.82 Å². The van der Waals surface area contributed by atoms with Gasteiger partial charge in [-0.1, -0.05) is 29.3 Å². The Morgan fingerprint density at radius 1 is 1.33 bits per heavy atom. The molecule has 1 unspecified atom stereocenters. The third-order valence-corrected chi connectivity index (χ3v) is 3.89. The van der Waals surface area contributed by atoms with Gasteiger partial charge < -0.3 is 0 Å². The summed E-state index contributed by atoms with van der Waals surface area (Å²) in [5.41, 5.74) is 4.31. The summed E-state index contributed by atoms with van der Waals surface area (Å²) in [4.78, 5) is 0. The van der Waals surface area contributed by atoms with Gasteiger partial charge in [0, 0.05) is 11.1 Å². The van der Waals surface area contributed by atoms with Crippen molar-refractivity contribution in [3.8, 4) is 0 Å². The molecule has 0 saturated carbocycles. The number of hydrogen-bond donors (Lipinski definition) is 2. The second-order valence-electron chi connectivity index (χ2n) is 5.08. The van der Waals surface area contributed by atoms with Crippen molar-refractivity contribution >= 4 is 23.2 Å². The lowest BCUT2D eigenvalue weighted by atomic mass is 10.0. The van der Waals surface area contributed by atoms with E-state index in [0.717, 1.165) is 11.3 Å². The number of hydrazine groups is 1. The summed E-state index contributed by atoms with van der Waals surface area (Å²) in [5, 5.41) is 5.15. The summed E-state index contributed by atoms with van der Waals surface area (Å²) in [6, 6.07) is 4.17. The molecular formula is C14H17Cl2FN4. The SMILES string of the molecule is CC(C)n1ncc(Cl)c1C(Cc1ccc(F)cc1Cl)NN. The summed E-state index contributed by atoms with van der Waals surface area (Å²) in [5.74, 6) is 5.29. The van der Waals surface area contributed by atoms with Gasteiger partial charge in [-0.15, -0.1) is 0 Å². The second-order valence-corrected chi connectivity index (χ2v) is 5.89. The first kappa shape index (κ1) is 16.2. The van der Waals surface area contributed by atoms with Crippen molar-refractivity contribution < 1.29 is 4.39 Å². The quantitative estimate of drug-likeness (QED) is 0.649. The Morgan fingerprint density at radius 2 is 2.05 bits per heavy atom. The van der Waals surface area contributed by atoms with Gasteiger partial charge in [0.25, 0.3) is 0 Å². The fourth-order valence-corrected chi connectivity index (χ4v) is 2.74. The van der Waals surface area contributed by atoms with Crippen molar-refractivity contribution in [3.05, 3.63) is 51.5 Å². The van der Waals surface area contributed by atoms with Crippen LogP contribution < -0.4 is 11.3 Å². The van der Waals surface area contributed by atoms with Gasteiger partial charge in [-0.3, -0.25) is 16.0 Å². The average molecular weight is 331 g/mol. The number of benzene rings is 1. The molecule has 0 aliphatic carbocycles. The van der Waals surface area contributed by atoms with E-state index in [1.807, 2.05) is 18.5 Å². The minimum Gasteiger partial charge on any atom is -0.271 e. The number of nitrogens with one attached hydrogen (secondary N) is 1. The summed E-state index contributed by atoms with van der Waals surface area (Å²) in [7, 11) is 0. The van der Waals surface area contributed by atoms with Crippen LogP contribution in [0.15, 0.2) is 24.4 Å². The number of halogens is 3. The predicted molar refractivity (Wildman–Crippen MR) is 82.8 cm³/mol. The molecule has 3 N–H and O–H groups in total. The minimum absolute atomic E-state index is 0.145. The molecule has 114 valence electrons. The molecule has 0 aliphatic heterocycles. The fraction of sp³-hybridized carbons (Fsp3) is 0.357. The van der Waals surface area contributed by atoms with Gasteiger partial charge in [-0.25, -0.2) is 4.39 Å². The highest BCUT2D eigenvalue weighted by Crippen LogP contribution is 2.29. The first-order valence-corrected chi connectivity index (χ1v) is 7.32. The molecule has 2 rings (SSSR count). The molecule has 1 aromatic heterocycles. The molecule has 0 aliphatic rings. The van der Waals surface area contributed by atoms with E-state index < -0.39 is 0 Å². The summed E-state index contributed by atoms with van der Waals surface area (Å²) < 4.78 is 14.9. The number of rotatable bonds is 5. The molecule has 0 bridgehead atoms. The van der Waals surface area contributed by atoms with Crippen molar-refractivity contribution in [1.82, 2.24) is 15.2 Å². The van der Waals surface area contributed by atoms with Crippen LogP contribution in [0.3, 0.4) is 0 Å². The zero-order chi connectivity index (χ0) is 15.6. The average Bonchev–Trinajstić information content (AvgIpc) is 2.80. The van der Waals surface area contributed by atoms with Crippen LogP contribution in [0.5, 0.6) is 0 Å². The smallest absolute Gasteiger partial charge is 0.124 e. The topological polar surface area (TPSA) is 55.9 Å². The highest BCUT2D eigenvalue weighted by Gasteiger charge is 2.22. The first-order chi connectivity index (χ1) is 9.93. The van der Waals surface area contributed by atoms with E-state index in [-0.39, 0.29) is 17.9 Å². The van der Waals surface area contributed by atoms with Gasteiger partial charge in [0.1, 0.15) is 5.82 Å². The zero-order valence-corrected chi connectivity index (χ0v) is 13.3. The van der Waals surface area contributed by atoms with Crippen molar-refractivity contribution in [2.45, 2.75) is 32.4 Å². The minimum atomic E-state index is -0.369. The number of hydrogen-bond acceptors (Lipinski definition) is 3. The lowest BCUT2D eigenvalue weighted by molar-refractivity contribution is 0.448. The first-order valence-electron chi connectivity index (χ1n) is 6.57. The van der Waals surface area contributed by atoms with Gasteiger partial charge in [0.15, 0.2) is 0 Å². The Labute approximate surface area is 133 Å². The van der Waals surface area contributed by atoms with Crippen LogP contribution in [-0.2, 0) is 6.42 Å². The Bertz CT molecular complexity index is 627. The molecule has 1 aromatic carbocycles. The van der Waals surface area contributed by atoms with Crippen molar-refractivity contribution in [2.24, 2.45) is 5.84 Å². The standard InChI is InChI=1S/C14H17Cl2FN4/c1-8(2)21-14(12(16)7-19-21)13(20-18)5-9-3-4-10(17)6-11(9)15/h3-4,6-8,13,20H,5,18H2,1-2H3. The summed E-state index contributed by atoms with van der Waals surface area (Å²) >= 11 is 12.3. The van der Waals surface area contributed by atoms with Crippen LogP contribution in [-0.4, -0.2) is 9.78 Å². The molecule has 1 atom stereocenters. The van der Waals surface area contributed by atoms with Crippen molar-refractivity contribution in [3.63, 3.8) is 0 Å². The lowest BCUT2D eigenvalue weighted by Crippen LogP contribution is -2.32. The molecule has 2 aromatic rings. The third kappa shape index (κ3) is 3.55. The Morgan fingerprint density at radius 3 is 2.62 bits per heavy atom. The van der Waals surface area contributed by atoms with Gasteiger partial charge in [-0.05, 0) is 38.0 Å². The molecule has 0 saturated heterocycles. The van der Waals surface area contributed by atoms with Gasteiger partial charge in [0.2, 0.25) is 0 Å². The van der Waals surface area contributed by atoms with Crippen molar-refractivity contribution in [1.29, 1.82) is 0 Å². The Hall–Kier alpha value is -1.14. The zero-order valence-electron chi connectivity index (χ0n) is 11.8. The number of nitrogens with zero attached hydrogens (tertiary/aromatic N) is 2. The Kier molecular flexibility index (Phi) is 5.22. The predicted octanol–water partition coefficient (Wildman–Crippen LogP) is 3.66. The van der Waals surface area contributed by atoms with Gasteiger partial charge in [0.05, 0.1) is 23.0 Å². The van der Waals surface area contributed by atoms with E-state index in [2.05, 4.69) is 10.5 Å². The monoisotopic (exact) mass is 330 g/mol. The molecule has 0 fully saturated rings. The van der Waals surface area contributed by atoms with E-state index in [4.69, 9.17) is 29.0 Å². The number of aromatic nitrogens is 2. The third-order valence-electron chi connectivity index (χ3n) is 3.25. The largest absolute Gasteiger partial charge is 0.271 e. The van der Waals surface area contributed by atoms with E-state index in [1.54, 1.807) is 12.3 Å². The fourth-order valence-electron chi connectivity index (χ4n) is 2.23. The number of nitrogens with two attached hydrogens (primary N) is 1. The molecular weight excluding hydrogens is 314 g/mol. The normalized spacial score (nSPS) is 12.9. The maximum Gasteiger partial charge on any atom is 0.124 e. The molecule has 1 heterocycles. The highest BCUT2D eigenvalue weighted by atomic mass is 35.5. The Balaban J connectivity index is 2.34. The maximum absolute atomic E-state index is 13.1. The van der Waals surface area contributed by atoms with Crippen LogP contribution in [0.2, 0.25) is 10.0 Å². The van der Waals surface area contributed by atoms with E-state index in [9.17, 15) is 4.39 Å². The summed E-state index contributed by atoms with van der Waals surface area (Å²) in [6.07, 6.45) is 2.07. The molecule has 7 heteroatoms. The van der Waals surface area contributed by atoms with E-state index in [0.29, 0.717) is 16.5 Å². The molecule has 4 nitrogen and oxygen atoms in total. The van der Waals surface area contributed by atoms with Gasteiger partial charge >= 0.3 is 0 Å². The lowest BCUT2D eigenvalue weighted by Gasteiger charge is -2.21. The van der Waals surface area contributed by atoms with Crippen LogP contribution in [0.1, 0.15) is 37.2 Å². The highest BCUT2D eigenvalue weighted by molar-refractivity contribution is 6.31. The molecule has 0 radical (unpaired) electrons. The van der Waals surface area contributed by atoms with Crippen LogP contribution in [0.25, 0.3) is 0 Å². The van der Waals surface area contributed by atoms with Crippen molar-refractivity contribution in [2.75, 3.05) is 0 Å². The van der Waals surface area contributed by atoms with Crippen LogP contribution >= 0.6 is 23.2 Å². The summed E-state index contributed by atoms with van der Waals surface area (Å²) in [6.45, 7) is 4.01. The van der Waals surface area contributed by atoms with E-state index >= 15 is 0 Å². The maximum atomic E-state index is 13.1.